The van der Waals surface area contributed by atoms with Gasteiger partial charge < -0.3 is 5.32 Å². The molecular formula is C9H4Br2F3NO2S. The quantitative estimate of drug-likeness (QED) is 0.728. The first-order chi connectivity index (χ1) is 8.15. The molecule has 2 rings (SSSR count). The van der Waals surface area contributed by atoms with Gasteiger partial charge in [0, 0.05) is 0 Å². The van der Waals surface area contributed by atoms with Gasteiger partial charge in [-0.25, -0.2) is 0 Å². The summed E-state index contributed by atoms with van der Waals surface area (Å²) in [6, 6.07) is 0.420. The average molecular weight is 407 g/mol. The maximum Gasteiger partial charge on any atom is 0.471 e. The Morgan fingerprint density at radius 1 is 1.44 bits per heavy atom. The summed E-state index contributed by atoms with van der Waals surface area (Å²) in [4.78, 5) is 23.2. The van der Waals surface area contributed by atoms with Crippen LogP contribution in [0.1, 0.15) is 21.3 Å². The minimum absolute atomic E-state index is 0.330. The molecule has 0 radical (unpaired) electrons. The summed E-state index contributed by atoms with van der Waals surface area (Å²) in [6.45, 7) is 0. The predicted molar refractivity (Wildman–Crippen MR) is 66.2 cm³/mol. The molecule has 98 valence electrons. The molecule has 1 aliphatic rings. The van der Waals surface area contributed by atoms with E-state index in [1.54, 1.807) is 5.38 Å². The maximum atomic E-state index is 12.2. The highest BCUT2D eigenvalue weighted by molar-refractivity contribution is 9.26. The van der Waals surface area contributed by atoms with Crippen molar-refractivity contribution in [3.63, 3.8) is 0 Å². The van der Waals surface area contributed by atoms with Gasteiger partial charge in [-0.05, 0) is 17.0 Å². The number of thiophene rings is 1. The maximum absolute atomic E-state index is 12.2. The van der Waals surface area contributed by atoms with E-state index in [4.69, 9.17) is 0 Å². The topological polar surface area (TPSA) is 46.2 Å². The Labute approximate surface area is 120 Å². The van der Waals surface area contributed by atoms with Crippen molar-refractivity contribution in [1.82, 2.24) is 5.32 Å². The van der Waals surface area contributed by atoms with E-state index in [1.807, 2.05) is 5.32 Å². The number of ketones is 1. The van der Waals surface area contributed by atoms with Crippen LogP contribution in [0.15, 0.2) is 11.4 Å². The molecule has 1 N–H and O–H groups in total. The highest BCUT2D eigenvalue weighted by atomic mass is 79.9. The number of nitrogens with one attached hydrogen (secondary N) is 1. The highest BCUT2D eigenvalue weighted by Gasteiger charge is 2.53. The van der Waals surface area contributed by atoms with Crippen LogP contribution in [0.25, 0.3) is 0 Å². The normalized spacial score (nSPS) is 21.8. The molecule has 0 aliphatic heterocycles. The summed E-state index contributed by atoms with van der Waals surface area (Å²) in [5.41, 5.74) is 0.372. The number of hydrogen-bond acceptors (Lipinski definition) is 3. The lowest BCUT2D eigenvalue weighted by Gasteiger charge is -2.23. The van der Waals surface area contributed by atoms with Crippen LogP contribution < -0.4 is 5.32 Å². The van der Waals surface area contributed by atoms with Gasteiger partial charge in [-0.15, -0.1) is 11.3 Å². The van der Waals surface area contributed by atoms with Crippen LogP contribution in [0.4, 0.5) is 13.2 Å². The SMILES string of the molecule is O=C(NC1c2ccsc2C(=O)C1(Br)Br)C(F)(F)F. The second-order valence-corrected chi connectivity index (χ2v) is 8.04. The molecule has 1 atom stereocenters. The third-order valence-corrected chi connectivity index (χ3v) is 4.98. The summed E-state index contributed by atoms with van der Waals surface area (Å²) in [5, 5.41) is 3.40. The van der Waals surface area contributed by atoms with Crippen molar-refractivity contribution in [1.29, 1.82) is 0 Å². The lowest BCUT2D eigenvalue weighted by atomic mass is 10.2. The molecule has 0 saturated carbocycles. The van der Waals surface area contributed by atoms with Crippen molar-refractivity contribution in [2.24, 2.45) is 0 Å². The van der Waals surface area contributed by atoms with Crippen molar-refractivity contribution >= 4 is 54.9 Å². The van der Waals surface area contributed by atoms with E-state index < -0.39 is 27.1 Å². The number of rotatable bonds is 1. The van der Waals surface area contributed by atoms with E-state index >= 15 is 0 Å². The van der Waals surface area contributed by atoms with Gasteiger partial charge >= 0.3 is 12.1 Å². The minimum Gasteiger partial charge on any atom is -0.339 e. The number of Topliss-reactive ketones (excluding diaryl/α,β-unsaturated/α-hetero) is 1. The minimum atomic E-state index is -4.99. The standard InChI is InChI=1S/C9H4Br2F3NO2S/c10-8(11)5(15-7(17)9(12,13)14)3-1-2-18-4(3)6(8)16/h1-2,5H,(H,15,17). The molecule has 1 amide bonds. The lowest BCUT2D eigenvalue weighted by Crippen LogP contribution is -2.44. The van der Waals surface area contributed by atoms with Gasteiger partial charge in [-0.3, -0.25) is 9.59 Å². The van der Waals surface area contributed by atoms with Crippen LogP contribution >= 0.6 is 43.2 Å². The van der Waals surface area contributed by atoms with Gasteiger partial charge in [-0.2, -0.15) is 13.2 Å². The molecule has 1 aromatic rings. The molecule has 9 heteroatoms. The Morgan fingerprint density at radius 2 is 2.06 bits per heavy atom. The Hall–Kier alpha value is -0.410. The Balaban J connectivity index is 2.34. The first-order valence-corrected chi connectivity index (χ1v) is 7.00. The molecule has 1 aromatic heterocycles. The molecule has 0 fully saturated rings. The van der Waals surface area contributed by atoms with Crippen LogP contribution in [0, 0.1) is 0 Å². The number of hydrogen-bond donors (Lipinski definition) is 1. The number of amides is 1. The van der Waals surface area contributed by atoms with E-state index in [0.717, 1.165) is 11.3 Å². The highest BCUT2D eigenvalue weighted by Crippen LogP contribution is 2.51. The van der Waals surface area contributed by atoms with Crippen molar-refractivity contribution in [2.45, 2.75) is 15.5 Å². The van der Waals surface area contributed by atoms with E-state index in [1.165, 1.54) is 6.07 Å². The van der Waals surface area contributed by atoms with Crippen molar-refractivity contribution in [3.05, 3.63) is 21.9 Å². The van der Waals surface area contributed by atoms with Gasteiger partial charge in [-0.1, -0.05) is 31.9 Å². The Bertz CT molecular complexity index is 526. The summed E-state index contributed by atoms with van der Waals surface area (Å²) in [6.07, 6.45) is -4.99. The van der Waals surface area contributed by atoms with Crippen LogP contribution in [-0.2, 0) is 4.79 Å². The molecule has 1 unspecified atom stereocenters. The molecule has 0 bridgehead atoms. The van der Waals surface area contributed by atoms with Crippen LogP contribution in [0.5, 0.6) is 0 Å². The summed E-state index contributed by atoms with van der Waals surface area (Å²) in [7, 11) is 0. The van der Waals surface area contributed by atoms with Crippen molar-refractivity contribution < 1.29 is 22.8 Å². The van der Waals surface area contributed by atoms with Crippen molar-refractivity contribution in [3.8, 4) is 0 Å². The first-order valence-electron chi connectivity index (χ1n) is 4.53. The van der Waals surface area contributed by atoms with E-state index in [-0.39, 0.29) is 0 Å². The smallest absolute Gasteiger partial charge is 0.339 e. The zero-order valence-corrected chi connectivity index (χ0v) is 12.3. The van der Waals surface area contributed by atoms with E-state index in [9.17, 15) is 22.8 Å². The lowest BCUT2D eigenvalue weighted by molar-refractivity contribution is -0.174. The van der Waals surface area contributed by atoms with Crippen LogP contribution in [0.3, 0.4) is 0 Å². The van der Waals surface area contributed by atoms with Crippen LogP contribution in [0.2, 0.25) is 0 Å². The fourth-order valence-electron chi connectivity index (χ4n) is 1.59. The molecular weight excluding hydrogens is 403 g/mol. The zero-order chi connectivity index (χ0) is 13.7. The van der Waals surface area contributed by atoms with Gasteiger partial charge in [0.25, 0.3) is 0 Å². The van der Waals surface area contributed by atoms with E-state index in [2.05, 4.69) is 31.9 Å². The Morgan fingerprint density at radius 3 is 2.61 bits per heavy atom. The van der Waals surface area contributed by atoms with Crippen LogP contribution in [-0.4, -0.2) is 21.1 Å². The molecule has 0 spiro atoms. The average Bonchev–Trinajstić information content (AvgIpc) is 2.75. The third-order valence-electron chi connectivity index (χ3n) is 2.41. The number of carbonyl (C=O) groups excluding carboxylic acids is 2. The number of carbonyl (C=O) groups is 2. The summed E-state index contributed by atoms with van der Waals surface area (Å²) in [5.74, 6) is -2.48. The largest absolute Gasteiger partial charge is 0.471 e. The molecule has 3 nitrogen and oxygen atoms in total. The Kier molecular flexibility index (Phi) is 3.35. The van der Waals surface area contributed by atoms with Gasteiger partial charge in [0.15, 0.2) is 3.23 Å². The molecule has 0 saturated heterocycles. The van der Waals surface area contributed by atoms with Crippen molar-refractivity contribution in [2.75, 3.05) is 0 Å². The molecule has 18 heavy (non-hydrogen) atoms. The first kappa shape index (κ1) is 14.0. The van der Waals surface area contributed by atoms with Gasteiger partial charge in [0.05, 0.1) is 10.9 Å². The fraction of sp³-hybridized carbons (Fsp3) is 0.333. The second kappa shape index (κ2) is 4.31. The second-order valence-electron chi connectivity index (χ2n) is 3.56. The van der Waals surface area contributed by atoms with Gasteiger partial charge in [0.2, 0.25) is 5.78 Å². The van der Waals surface area contributed by atoms with Gasteiger partial charge in [0.1, 0.15) is 0 Å². The molecule has 1 aliphatic carbocycles. The monoisotopic (exact) mass is 405 g/mol. The molecule has 0 aromatic carbocycles. The third kappa shape index (κ3) is 2.12. The summed E-state index contributed by atoms with van der Waals surface area (Å²) >= 11 is 7.16. The predicted octanol–water partition coefficient (Wildman–Crippen LogP) is 3.15. The zero-order valence-electron chi connectivity index (χ0n) is 8.35. The number of fused-ring (bicyclic) bond motifs is 1. The van der Waals surface area contributed by atoms with E-state index in [0.29, 0.717) is 10.4 Å². The number of halogens is 5. The molecule has 1 heterocycles. The fourth-order valence-corrected chi connectivity index (χ4v) is 3.91. The number of alkyl halides is 5. The summed E-state index contributed by atoms with van der Waals surface area (Å²) < 4.78 is 35.3.